The molecule has 1 saturated heterocycles. The first-order valence-corrected chi connectivity index (χ1v) is 9.67. The van der Waals surface area contributed by atoms with E-state index < -0.39 is 9.84 Å². The average Bonchev–Trinajstić information content (AvgIpc) is 2.46. The van der Waals surface area contributed by atoms with Gasteiger partial charge < -0.3 is 5.73 Å². The van der Waals surface area contributed by atoms with E-state index in [1.54, 1.807) is 18.2 Å². The van der Waals surface area contributed by atoms with Crippen LogP contribution in [0.5, 0.6) is 0 Å². The van der Waals surface area contributed by atoms with E-state index in [1.165, 1.54) is 0 Å². The molecule has 1 unspecified atom stereocenters. The minimum absolute atomic E-state index is 0.177. The third-order valence-electron chi connectivity index (χ3n) is 3.65. The van der Waals surface area contributed by atoms with Crippen LogP contribution in [0.2, 0.25) is 0 Å². The second-order valence-corrected chi connectivity index (χ2v) is 8.39. The molecule has 2 rings (SSSR count). The minimum atomic E-state index is -3.22. The van der Waals surface area contributed by atoms with Crippen LogP contribution >= 0.6 is 11.8 Å². The molecule has 0 bridgehead atoms. The number of hydrogen-bond acceptors (Lipinski definition) is 5. The topological polar surface area (TPSA) is 63.4 Å². The normalized spacial score (nSPS) is 21.0. The molecule has 0 aromatic heterocycles. The van der Waals surface area contributed by atoms with Gasteiger partial charge in [-0.25, -0.2) is 8.42 Å². The zero-order valence-corrected chi connectivity index (χ0v) is 13.4. The smallest absolute Gasteiger partial charge is 0.179 e. The molecule has 0 saturated carbocycles. The molecule has 0 spiro atoms. The summed E-state index contributed by atoms with van der Waals surface area (Å²) in [6.07, 6.45) is 0. The molecule has 6 heteroatoms. The van der Waals surface area contributed by atoms with Crippen molar-refractivity contribution in [2.24, 2.45) is 5.73 Å². The molecule has 1 aliphatic rings. The summed E-state index contributed by atoms with van der Waals surface area (Å²) < 4.78 is 24.8. The van der Waals surface area contributed by atoms with E-state index in [2.05, 4.69) is 11.8 Å². The van der Waals surface area contributed by atoms with Crippen LogP contribution in [0.1, 0.15) is 12.5 Å². The van der Waals surface area contributed by atoms with Gasteiger partial charge in [-0.2, -0.15) is 11.8 Å². The largest absolute Gasteiger partial charge is 0.326 e. The van der Waals surface area contributed by atoms with Gasteiger partial charge in [0.15, 0.2) is 9.84 Å². The lowest BCUT2D eigenvalue weighted by molar-refractivity contribution is 0.246. The van der Waals surface area contributed by atoms with E-state index in [4.69, 9.17) is 5.73 Å². The Morgan fingerprint density at radius 3 is 2.95 bits per heavy atom. The summed E-state index contributed by atoms with van der Waals surface area (Å²) in [4.78, 5) is 2.65. The molecular weight excluding hydrogens is 292 g/mol. The first-order chi connectivity index (χ1) is 9.53. The predicted molar refractivity (Wildman–Crippen MR) is 84.7 cm³/mol. The van der Waals surface area contributed by atoms with Crippen molar-refractivity contribution in [3.05, 3.63) is 29.8 Å². The second kappa shape index (κ2) is 6.93. The van der Waals surface area contributed by atoms with Crippen molar-refractivity contribution < 1.29 is 8.42 Å². The summed E-state index contributed by atoms with van der Waals surface area (Å²) in [7, 11) is -3.22. The Labute approximate surface area is 125 Å². The van der Waals surface area contributed by atoms with Crippen molar-refractivity contribution in [3.63, 3.8) is 0 Å². The molecule has 1 fully saturated rings. The Morgan fingerprint density at radius 1 is 1.45 bits per heavy atom. The molecule has 1 heterocycles. The van der Waals surface area contributed by atoms with Crippen LogP contribution in [0.4, 0.5) is 0 Å². The average molecular weight is 314 g/mol. The maximum Gasteiger partial charge on any atom is 0.179 e. The molecular formula is C14H22N2O2S2. The van der Waals surface area contributed by atoms with Crippen molar-refractivity contribution in [1.82, 2.24) is 4.90 Å². The van der Waals surface area contributed by atoms with Crippen LogP contribution in [-0.4, -0.2) is 49.7 Å². The third-order valence-corrected chi connectivity index (χ3v) is 6.53. The highest BCUT2D eigenvalue weighted by molar-refractivity contribution is 7.99. The fraction of sp³-hybridized carbons (Fsp3) is 0.571. The zero-order chi connectivity index (χ0) is 14.6. The van der Waals surface area contributed by atoms with Crippen LogP contribution in [0.3, 0.4) is 0 Å². The van der Waals surface area contributed by atoms with Crippen LogP contribution in [0.25, 0.3) is 0 Å². The first kappa shape index (κ1) is 15.8. The molecule has 2 N–H and O–H groups in total. The Balaban J connectivity index is 2.03. The molecule has 0 aliphatic carbocycles. The number of nitrogens with two attached hydrogens (primary N) is 1. The predicted octanol–water partition coefficient (Wildman–Crippen LogP) is 1.36. The molecule has 1 aliphatic heterocycles. The lowest BCUT2D eigenvalue weighted by Crippen LogP contribution is -2.42. The molecule has 1 atom stereocenters. The number of hydrogen-bond donors (Lipinski definition) is 1. The summed E-state index contributed by atoms with van der Waals surface area (Å²) in [5.41, 5.74) is 6.42. The van der Waals surface area contributed by atoms with Crippen molar-refractivity contribution in [1.29, 1.82) is 0 Å². The van der Waals surface area contributed by atoms with E-state index in [-0.39, 0.29) is 5.75 Å². The van der Waals surface area contributed by atoms with E-state index in [9.17, 15) is 8.42 Å². The maximum atomic E-state index is 12.4. The maximum absolute atomic E-state index is 12.4. The van der Waals surface area contributed by atoms with E-state index >= 15 is 0 Å². The fourth-order valence-corrected chi connectivity index (χ4v) is 4.72. The van der Waals surface area contributed by atoms with Gasteiger partial charge in [0.05, 0.1) is 10.6 Å². The summed E-state index contributed by atoms with van der Waals surface area (Å²) in [5, 5.41) is 0. The number of sulfone groups is 1. The van der Waals surface area contributed by atoms with Gasteiger partial charge in [-0.05, 0) is 24.6 Å². The van der Waals surface area contributed by atoms with E-state index in [1.807, 2.05) is 17.8 Å². The Kier molecular flexibility index (Phi) is 5.49. The highest BCUT2D eigenvalue weighted by atomic mass is 32.2. The van der Waals surface area contributed by atoms with Gasteiger partial charge in [0.2, 0.25) is 0 Å². The van der Waals surface area contributed by atoms with Crippen LogP contribution in [0.15, 0.2) is 29.2 Å². The van der Waals surface area contributed by atoms with Crippen molar-refractivity contribution in [2.45, 2.75) is 24.4 Å². The lowest BCUT2D eigenvalue weighted by atomic mass is 10.2. The molecule has 0 radical (unpaired) electrons. The summed E-state index contributed by atoms with van der Waals surface area (Å²) in [6.45, 7) is 4.11. The number of nitrogens with zero attached hydrogens (tertiary/aromatic N) is 1. The SMILES string of the molecule is CC1CSCCN1CCS(=O)(=O)c1cccc(CN)c1. The van der Waals surface area contributed by atoms with Crippen LogP contribution in [0, 0.1) is 0 Å². The van der Waals surface area contributed by atoms with Crippen molar-refractivity contribution in [2.75, 3.05) is 30.3 Å². The Hall–Kier alpha value is -0.560. The van der Waals surface area contributed by atoms with Gasteiger partial charge in [-0.15, -0.1) is 0 Å². The van der Waals surface area contributed by atoms with Gasteiger partial charge in [0.25, 0.3) is 0 Å². The molecule has 0 amide bonds. The van der Waals surface area contributed by atoms with Gasteiger partial charge in [0, 0.05) is 37.2 Å². The number of rotatable bonds is 5. The van der Waals surface area contributed by atoms with Crippen molar-refractivity contribution >= 4 is 21.6 Å². The number of benzene rings is 1. The Bertz CT molecular complexity index is 546. The summed E-state index contributed by atoms with van der Waals surface area (Å²) in [6, 6.07) is 7.41. The second-order valence-electron chi connectivity index (χ2n) is 5.13. The fourth-order valence-electron chi connectivity index (χ4n) is 2.31. The molecule has 4 nitrogen and oxygen atoms in total. The van der Waals surface area contributed by atoms with E-state index in [0.29, 0.717) is 24.0 Å². The molecule has 1 aromatic rings. The minimum Gasteiger partial charge on any atom is -0.326 e. The van der Waals surface area contributed by atoms with Crippen molar-refractivity contribution in [3.8, 4) is 0 Å². The highest BCUT2D eigenvalue weighted by Crippen LogP contribution is 2.18. The quantitative estimate of drug-likeness (QED) is 0.889. The third kappa shape index (κ3) is 3.97. The highest BCUT2D eigenvalue weighted by Gasteiger charge is 2.22. The monoisotopic (exact) mass is 314 g/mol. The van der Waals surface area contributed by atoms with Crippen LogP contribution < -0.4 is 5.73 Å². The summed E-state index contributed by atoms with van der Waals surface area (Å²) >= 11 is 1.94. The standard InChI is InChI=1S/C14H22N2O2S2/c1-12-11-19-7-5-16(12)6-8-20(17,18)14-4-2-3-13(9-14)10-15/h2-4,9,12H,5-8,10-11,15H2,1H3. The zero-order valence-electron chi connectivity index (χ0n) is 11.8. The Morgan fingerprint density at radius 2 is 2.25 bits per heavy atom. The van der Waals surface area contributed by atoms with Gasteiger partial charge in [-0.1, -0.05) is 12.1 Å². The summed E-state index contributed by atoms with van der Waals surface area (Å²) in [5.74, 6) is 2.35. The molecule has 112 valence electrons. The molecule has 20 heavy (non-hydrogen) atoms. The van der Waals surface area contributed by atoms with E-state index in [0.717, 1.165) is 23.6 Å². The van der Waals surface area contributed by atoms with Gasteiger partial charge in [-0.3, -0.25) is 4.90 Å². The van der Waals surface area contributed by atoms with Crippen LogP contribution in [-0.2, 0) is 16.4 Å². The van der Waals surface area contributed by atoms with Gasteiger partial charge in [0.1, 0.15) is 0 Å². The first-order valence-electron chi connectivity index (χ1n) is 6.86. The number of thioether (sulfide) groups is 1. The van der Waals surface area contributed by atoms with Gasteiger partial charge >= 0.3 is 0 Å². The lowest BCUT2D eigenvalue weighted by Gasteiger charge is -2.32. The molecule has 1 aromatic carbocycles.